The molecule has 0 spiro atoms. The van der Waals surface area contributed by atoms with E-state index in [2.05, 4.69) is 0 Å². The first-order chi connectivity index (χ1) is 8.61. The number of nitrogens with two attached hydrogens (primary N) is 1. The van der Waals surface area contributed by atoms with Crippen LogP contribution in [0.1, 0.15) is 6.92 Å². The summed E-state index contributed by atoms with van der Waals surface area (Å²) in [5, 5.41) is 0. The molecule has 1 saturated heterocycles. The minimum atomic E-state index is -0.742. The molecular weight excluding hydrogens is 255 g/mol. The lowest BCUT2D eigenvalue weighted by Crippen LogP contribution is -2.38. The van der Waals surface area contributed by atoms with E-state index in [-0.39, 0.29) is 5.75 Å². The highest BCUT2D eigenvalue weighted by molar-refractivity contribution is 7.85. The summed E-state index contributed by atoms with van der Waals surface area (Å²) >= 11 is 0. The fourth-order valence-electron chi connectivity index (χ4n) is 1.98. The van der Waals surface area contributed by atoms with E-state index >= 15 is 0 Å². The van der Waals surface area contributed by atoms with Gasteiger partial charge in [0.05, 0.1) is 18.0 Å². The molecule has 1 aromatic rings. The third-order valence-electron chi connectivity index (χ3n) is 2.90. The van der Waals surface area contributed by atoms with Crippen LogP contribution >= 0.6 is 0 Å². The number of hydrogen-bond acceptors (Lipinski definition) is 4. The summed E-state index contributed by atoms with van der Waals surface area (Å²) in [4.78, 5) is 2.03. The van der Waals surface area contributed by atoms with Gasteiger partial charge in [0.2, 0.25) is 0 Å². The highest BCUT2D eigenvalue weighted by atomic mass is 32.2. The van der Waals surface area contributed by atoms with Crippen molar-refractivity contribution >= 4 is 22.2 Å². The molecule has 2 rings (SSSR count). The number of nitrogens with zero attached hydrogens (tertiary/aromatic N) is 1. The first kappa shape index (κ1) is 13.1. The number of hydrogen-bond donors (Lipinski definition) is 1. The normalized spacial score (nSPS) is 16.9. The van der Waals surface area contributed by atoms with Gasteiger partial charge in [0, 0.05) is 47.5 Å². The number of nitrogen functional groups attached to an aromatic ring is 1. The number of rotatable bonds is 3. The highest BCUT2D eigenvalue weighted by Gasteiger charge is 2.19. The van der Waals surface area contributed by atoms with Gasteiger partial charge in [-0.25, -0.2) is 4.39 Å². The predicted octanol–water partition coefficient (Wildman–Crippen LogP) is 1.38. The van der Waals surface area contributed by atoms with Crippen molar-refractivity contribution in [1.82, 2.24) is 0 Å². The van der Waals surface area contributed by atoms with E-state index in [1.165, 1.54) is 6.07 Å². The molecule has 1 fully saturated rings. The lowest BCUT2D eigenvalue weighted by atomic mass is 10.2. The maximum absolute atomic E-state index is 13.6. The topological polar surface area (TPSA) is 55.6 Å². The lowest BCUT2D eigenvalue weighted by molar-refractivity contribution is 0.321. The van der Waals surface area contributed by atoms with Gasteiger partial charge in [0.15, 0.2) is 11.6 Å². The Morgan fingerprint density at radius 1 is 1.44 bits per heavy atom. The molecule has 0 radical (unpaired) electrons. The number of anilines is 2. The third kappa shape index (κ3) is 2.75. The van der Waals surface area contributed by atoms with E-state index in [1.807, 2.05) is 4.90 Å². The van der Waals surface area contributed by atoms with Crippen molar-refractivity contribution in [1.29, 1.82) is 0 Å². The van der Waals surface area contributed by atoms with Crippen LogP contribution in [0.2, 0.25) is 0 Å². The van der Waals surface area contributed by atoms with E-state index < -0.39 is 16.6 Å². The molecule has 1 aliphatic heterocycles. The third-order valence-corrected chi connectivity index (χ3v) is 4.18. The van der Waals surface area contributed by atoms with E-state index in [9.17, 15) is 8.60 Å². The summed E-state index contributed by atoms with van der Waals surface area (Å²) in [5.41, 5.74) is 6.99. The molecule has 1 aromatic carbocycles. The van der Waals surface area contributed by atoms with Gasteiger partial charge in [-0.3, -0.25) is 4.21 Å². The molecule has 0 amide bonds. The minimum Gasteiger partial charge on any atom is -0.491 e. The molecule has 0 aromatic heterocycles. The Bertz CT molecular complexity index is 458. The van der Waals surface area contributed by atoms with Gasteiger partial charge in [-0.2, -0.15) is 0 Å². The molecule has 0 bridgehead atoms. The van der Waals surface area contributed by atoms with Gasteiger partial charge in [-0.05, 0) is 6.92 Å². The molecule has 0 saturated carbocycles. The zero-order valence-corrected chi connectivity index (χ0v) is 11.1. The van der Waals surface area contributed by atoms with E-state index in [4.69, 9.17) is 10.5 Å². The monoisotopic (exact) mass is 272 g/mol. The van der Waals surface area contributed by atoms with E-state index in [0.717, 1.165) is 5.69 Å². The molecule has 6 heteroatoms. The minimum absolute atomic E-state index is 0.216. The van der Waals surface area contributed by atoms with Crippen LogP contribution in [0.4, 0.5) is 15.8 Å². The zero-order chi connectivity index (χ0) is 13.1. The van der Waals surface area contributed by atoms with Crippen molar-refractivity contribution in [2.45, 2.75) is 6.92 Å². The Balaban J connectivity index is 2.26. The Kier molecular flexibility index (Phi) is 4.06. The van der Waals surface area contributed by atoms with Crippen molar-refractivity contribution < 1.29 is 13.3 Å². The largest absolute Gasteiger partial charge is 0.491 e. The van der Waals surface area contributed by atoms with Crippen LogP contribution in [-0.2, 0) is 10.8 Å². The molecule has 4 nitrogen and oxygen atoms in total. The van der Waals surface area contributed by atoms with E-state index in [0.29, 0.717) is 36.9 Å². The Hall–Kier alpha value is -1.30. The molecule has 2 N–H and O–H groups in total. The fourth-order valence-corrected chi connectivity index (χ4v) is 3.03. The average Bonchev–Trinajstić information content (AvgIpc) is 2.34. The van der Waals surface area contributed by atoms with Crippen LogP contribution < -0.4 is 15.4 Å². The molecule has 0 atom stereocenters. The SMILES string of the molecule is CCOc1cc(N2CCS(=O)CC2)c(N)cc1F. The van der Waals surface area contributed by atoms with Crippen LogP contribution in [0.3, 0.4) is 0 Å². The second-order valence-corrected chi connectivity index (χ2v) is 5.81. The second-order valence-electron chi connectivity index (χ2n) is 4.11. The summed E-state index contributed by atoms with van der Waals surface area (Å²) in [7, 11) is -0.742. The van der Waals surface area contributed by atoms with Crippen molar-refractivity contribution in [3.8, 4) is 5.75 Å². The smallest absolute Gasteiger partial charge is 0.167 e. The van der Waals surface area contributed by atoms with Crippen LogP contribution in [0, 0.1) is 5.82 Å². The first-order valence-electron chi connectivity index (χ1n) is 5.93. The van der Waals surface area contributed by atoms with Crippen LogP contribution in [-0.4, -0.2) is 35.4 Å². The Morgan fingerprint density at radius 2 is 2.11 bits per heavy atom. The molecule has 1 aliphatic rings. The summed E-state index contributed by atoms with van der Waals surface area (Å²) in [6, 6.07) is 2.91. The number of benzene rings is 1. The molecule has 100 valence electrons. The average molecular weight is 272 g/mol. The molecule has 0 aliphatic carbocycles. The van der Waals surface area contributed by atoms with Gasteiger partial charge in [-0.1, -0.05) is 0 Å². The van der Waals surface area contributed by atoms with Crippen LogP contribution in [0.5, 0.6) is 5.75 Å². The maximum Gasteiger partial charge on any atom is 0.167 e. The van der Waals surface area contributed by atoms with Crippen molar-refractivity contribution in [2.24, 2.45) is 0 Å². The zero-order valence-electron chi connectivity index (χ0n) is 10.3. The fraction of sp³-hybridized carbons (Fsp3) is 0.500. The van der Waals surface area contributed by atoms with Gasteiger partial charge < -0.3 is 15.4 Å². The number of halogens is 1. The maximum atomic E-state index is 13.6. The number of ether oxygens (including phenoxy) is 1. The summed E-state index contributed by atoms with van der Waals surface area (Å²) in [5.74, 6) is 1.02. The molecule has 18 heavy (non-hydrogen) atoms. The van der Waals surface area contributed by atoms with Crippen LogP contribution in [0.25, 0.3) is 0 Å². The van der Waals surface area contributed by atoms with Crippen LogP contribution in [0.15, 0.2) is 12.1 Å². The standard InChI is InChI=1S/C12H17FN2O2S/c1-2-17-12-8-11(10(14)7-9(12)13)15-3-5-18(16)6-4-15/h7-8H,2-6,14H2,1H3. The Labute approximate surface area is 108 Å². The summed E-state index contributed by atoms with van der Waals surface area (Å²) in [6.45, 7) is 3.56. The quantitative estimate of drug-likeness (QED) is 0.845. The second kappa shape index (κ2) is 5.56. The van der Waals surface area contributed by atoms with Crippen molar-refractivity contribution in [3.63, 3.8) is 0 Å². The summed E-state index contributed by atoms with van der Waals surface area (Å²) < 4.78 is 30.1. The summed E-state index contributed by atoms with van der Waals surface area (Å²) in [6.07, 6.45) is 0. The van der Waals surface area contributed by atoms with E-state index in [1.54, 1.807) is 13.0 Å². The van der Waals surface area contributed by atoms with Gasteiger partial charge in [0.25, 0.3) is 0 Å². The van der Waals surface area contributed by atoms with Crippen molar-refractivity contribution in [3.05, 3.63) is 17.9 Å². The highest BCUT2D eigenvalue weighted by Crippen LogP contribution is 2.31. The molecule has 1 heterocycles. The lowest BCUT2D eigenvalue weighted by Gasteiger charge is -2.29. The molecular formula is C12H17FN2O2S. The van der Waals surface area contributed by atoms with Crippen molar-refractivity contribution in [2.75, 3.05) is 41.8 Å². The van der Waals surface area contributed by atoms with Gasteiger partial charge >= 0.3 is 0 Å². The Morgan fingerprint density at radius 3 is 2.72 bits per heavy atom. The van der Waals surface area contributed by atoms with Gasteiger partial charge in [0.1, 0.15) is 0 Å². The van der Waals surface area contributed by atoms with Gasteiger partial charge in [-0.15, -0.1) is 0 Å². The molecule has 0 unspecified atom stereocenters. The first-order valence-corrected chi connectivity index (χ1v) is 7.42. The predicted molar refractivity (Wildman–Crippen MR) is 72.1 cm³/mol.